The van der Waals surface area contributed by atoms with Gasteiger partial charge in [0.15, 0.2) is 0 Å². The first-order valence-corrected chi connectivity index (χ1v) is 14.4. The van der Waals surface area contributed by atoms with E-state index >= 15 is 0 Å². The molecule has 0 fully saturated rings. The van der Waals surface area contributed by atoms with Crippen molar-refractivity contribution in [1.29, 1.82) is 0 Å². The van der Waals surface area contributed by atoms with Crippen molar-refractivity contribution in [2.45, 2.75) is 11.8 Å². The molecule has 0 bridgehead atoms. The van der Waals surface area contributed by atoms with Gasteiger partial charge in [-0.05, 0) is 68.1 Å². The van der Waals surface area contributed by atoms with Crippen LogP contribution in [0.5, 0.6) is 0 Å². The Balaban J connectivity index is 1.17. The monoisotopic (exact) mass is 522 g/mol. The van der Waals surface area contributed by atoms with Gasteiger partial charge in [-0.15, -0.1) is 0 Å². The molecule has 192 valence electrons. The smallest absolute Gasteiger partial charge is 0.143 e. The van der Waals surface area contributed by atoms with Crippen LogP contribution in [0.3, 0.4) is 0 Å². The second-order valence-electron chi connectivity index (χ2n) is 11.2. The van der Waals surface area contributed by atoms with Gasteiger partial charge in [0.25, 0.3) is 0 Å². The molecule has 2 aliphatic carbocycles. The molecule has 1 nitrogen and oxygen atoms in total. The van der Waals surface area contributed by atoms with Crippen molar-refractivity contribution in [3.05, 3.63) is 157 Å². The molecule has 2 unspecified atom stereocenters. The molecule has 0 aliphatic heterocycles. The number of hydrogen-bond donors (Lipinski definition) is 0. The van der Waals surface area contributed by atoms with Gasteiger partial charge in [0.2, 0.25) is 0 Å². The molecule has 1 aromatic heterocycles. The van der Waals surface area contributed by atoms with Crippen molar-refractivity contribution in [3.8, 4) is 33.4 Å². The fourth-order valence-corrected chi connectivity index (χ4v) is 7.13. The molecule has 2 atom stereocenters. The lowest BCUT2D eigenvalue weighted by molar-refractivity contribution is 0.672. The van der Waals surface area contributed by atoms with Gasteiger partial charge < -0.3 is 4.42 Å². The van der Waals surface area contributed by atoms with Crippen molar-refractivity contribution in [2.75, 3.05) is 0 Å². The first-order valence-electron chi connectivity index (χ1n) is 14.4. The number of hydrogen-bond acceptors (Lipinski definition) is 1. The minimum Gasteiger partial charge on any atom is -0.455 e. The van der Waals surface area contributed by atoms with E-state index in [1.165, 1.54) is 49.9 Å². The van der Waals surface area contributed by atoms with Crippen LogP contribution in [0.15, 0.2) is 150 Å². The van der Waals surface area contributed by atoms with Crippen molar-refractivity contribution >= 4 is 32.7 Å². The van der Waals surface area contributed by atoms with Gasteiger partial charge >= 0.3 is 0 Å². The predicted molar refractivity (Wildman–Crippen MR) is 171 cm³/mol. The highest BCUT2D eigenvalue weighted by atomic mass is 16.3. The third-order valence-corrected chi connectivity index (χ3v) is 9.07. The van der Waals surface area contributed by atoms with Crippen molar-refractivity contribution in [3.63, 3.8) is 0 Å². The van der Waals surface area contributed by atoms with E-state index < -0.39 is 0 Å². The summed E-state index contributed by atoms with van der Waals surface area (Å²) in [5.41, 5.74) is 12.4. The van der Waals surface area contributed by atoms with Gasteiger partial charge in [0.05, 0.1) is 0 Å². The Hall–Kier alpha value is -5.14. The Morgan fingerprint density at radius 3 is 1.90 bits per heavy atom. The molecule has 2 aliphatic rings. The number of benzene rings is 6. The van der Waals surface area contributed by atoms with Crippen LogP contribution in [0.25, 0.3) is 66.1 Å². The van der Waals surface area contributed by atoms with Crippen molar-refractivity contribution in [1.82, 2.24) is 0 Å². The first-order chi connectivity index (χ1) is 20.3. The molecule has 1 heteroatoms. The second-order valence-corrected chi connectivity index (χ2v) is 11.2. The van der Waals surface area contributed by atoms with Gasteiger partial charge in [-0.25, -0.2) is 0 Å². The summed E-state index contributed by atoms with van der Waals surface area (Å²) in [7, 11) is 0. The molecule has 0 saturated carbocycles. The number of allylic oxidation sites excluding steroid dienone is 4. The zero-order valence-electron chi connectivity index (χ0n) is 22.4. The van der Waals surface area contributed by atoms with Gasteiger partial charge in [-0.2, -0.15) is 0 Å². The fraction of sp³-hybridized carbons (Fsp3) is 0.0500. The van der Waals surface area contributed by atoms with E-state index in [1.54, 1.807) is 0 Å². The van der Waals surface area contributed by atoms with Crippen LogP contribution >= 0.6 is 0 Å². The molecule has 6 aromatic carbocycles. The maximum absolute atomic E-state index is 6.33. The Bertz CT molecular complexity index is 2210. The summed E-state index contributed by atoms with van der Waals surface area (Å²) < 4.78 is 6.33. The Labute approximate surface area is 238 Å². The first kappa shape index (κ1) is 22.7. The molecule has 0 amide bonds. The molecule has 41 heavy (non-hydrogen) atoms. The van der Waals surface area contributed by atoms with Crippen LogP contribution < -0.4 is 0 Å². The summed E-state index contributed by atoms with van der Waals surface area (Å²) in [4.78, 5) is 0. The zero-order chi connectivity index (χ0) is 26.9. The van der Waals surface area contributed by atoms with Crippen LogP contribution in [0.2, 0.25) is 0 Å². The highest BCUT2D eigenvalue weighted by Crippen LogP contribution is 2.50. The standard InChI is InChI=1S/C40H26O/c1-2-11-30-28(9-1)29-10-3-4-12-31(29)37-23-27(21-22-33(30)37)25-17-19-26(20-18-25)36-24-38-34-14-7-8-16-39(34)41-40(38)35-15-6-5-13-32(35)36/h1-24,29,31H. The average molecular weight is 523 g/mol. The quantitative estimate of drug-likeness (QED) is 0.220. The van der Waals surface area contributed by atoms with Crippen LogP contribution in [0, 0.1) is 0 Å². The SMILES string of the molecule is C1=CC2c3ccccc3-c3ccc(-c4ccc(-c5cc6c7ccccc7oc6c6ccccc56)cc4)cc3C2C=C1. The van der Waals surface area contributed by atoms with E-state index in [4.69, 9.17) is 4.42 Å². The molecular weight excluding hydrogens is 496 g/mol. The van der Waals surface area contributed by atoms with Crippen molar-refractivity contribution < 1.29 is 4.42 Å². The number of fused-ring (bicyclic) bond motifs is 11. The Morgan fingerprint density at radius 1 is 0.415 bits per heavy atom. The second kappa shape index (κ2) is 8.68. The topological polar surface area (TPSA) is 13.1 Å². The van der Waals surface area contributed by atoms with Crippen LogP contribution in [-0.2, 0) is 0 Å². The Kier molecular flexibility index (Phi) is 4.80. The lowest BCUT2D eigenvalue weighted by Gasteiger charge is -2.34. The largest absolute Gasteiger partial charge is 0.455 e. The van der Waals surface area contributed by atoms with E-state index in [2.05, 4.69) is 140 Å². The third-order valence-electron chi connectivity index (χ3n) is 9.07. The van der Waals surface area contributed by atoms with Crippen molar-refractivity contribution in [2.24, 2.45) is 0 Å². The van der Waals surface area contributed by atoms with Crippen LogP contribution in [0.1, 0.15) is 23.0 Å². The molecule has 0 N–H and O–H groups in total. The number of rotatable bonds is 2. The molecular formula is C40H26O. The summed E-state index contributed by atoms with van der Waals surface area (Å²) in [6, 6.07) is 44.2. The van der Waals surface area contributed by atoms with E-state index in [0.717, 1.165) is 27.3 Å². The summed E-state index contributed by atoms with van der Waals surface area (Å²) >= 11 is 0. The van der Waals surface area contributed by atoms with Gasteiger partial charge in [0.1, 0.15) is 11.2 Å². The van der Waals surface area contributed by atoms with E-state index in [1.807, 2.05) is 6.07 Å². The molecule has 9 rings (SSSR count). The van der Waals surface area contributed by atoms with Gasteiger partial charge in [-0.1, -0.05) is 127 Å². The average Bonchev–Trinajstić information content (AvgIpc) is 3.43. The lowest BCUT2D eigenvalue weighted by Crippen LogP contribution is -2.16. The number of para-hydroxylation sites is 1. The summed E-state index contributed by atoms with van der Waals surface area (Å²) in [6.07, 6.45) is 9.12. The summed E-state index contributed by atoms with van der Waals surface area (Å²) in [6.45, 7) is 0. The normalized spacial score (nSPS) is 17.1. The van der Waals surface area contributed by atoms with Crippen LogP contribution in [-0.4, -0.2) is 0 Å². The number of furan rings is 1. The summed E-state index contributed by atoms with van der Waals surface area (Å²) in [5, 5.41) is 4.69. The van der Waals surface area contributed by atoms with E-state index in [0.29, 0.717) is 11.8 Å². The van der Waals surface area contributed by atoms with Gasteiger partial charge in [-0.3, -0.25) is 0 Å². The Morgan fingerprint density at radius 2 is 1.05 bits per heavy atom. The molecule has 0 saturated heterocycles. The molecule has 0 radical (unpaired) electrons. The fourth-order valence-electron chi connectivity index (χ4n) is 7.13. The predicted octanol–water partition coefficient (Wildman–Crippen LogP) is 11.0. The molecule has 7 aromatic rings. The highest BCUT2D eigenvalue weighted by molar-refractivity contribution is 6.19. The van der Waals surface area contributed by atoms with E-state index in [9.17, 15) is 0 Å². The van der Waals surface area contributed by atoms with Crippen LogP contribution in [0.4, 0.5) is 0 Å². The van der Waals surface area contributed by atoms with Gasteiger partial charge in [0, 0.05) is 28.0 Å². The van der Waals surface area contributed by atoms with E-state index in [-0.39, 0.29) is 0 Å². The zero-order valence-corrected chi connectivity index (χ0v) is 22.4. The maximum atomic E-state index is 6.33. The lowest BCUT2D eigenvalue weighted by atomic mass is 9.69. The molecule has 0 spiro atoms. The summed E-state index contributed by atoms with van der Waals surface area (Å²) in [5.74, 6) is 0.760. The minimum atomic E-state index is 0.368. The minimum absolute atomic E-state index is 0.368. The highest BCUT2D eigenvalue weighted by Gasteiger charge is 2.31. The third kappa shape index (κ3) is 3.36. The maximum Gasteiger partial charge on any atom is 0.143 e. The molecule has 1 heterocycles.